The smallest absolute Gasteiger partial charge is 0.273 e. The van der Waals surface area contributed by atoms with E-state index in [1.807, 2.05) is 55.5 Å². The number of thioether (sulfide) groups is 1. The summed E-state index contributed by atoms with van der Waals surface area (Å²) in [6, 6.07) is 16.2. The van der Waals surface area contributed by atoms with Crippen LogP contribution in [0.25, 0.3) is 5.69 Å². The van der Waals surface area contributed by atoms with E-state index in [-0.39, 0.29) is 16.7 Å². The van der Waals surface area contributed by atoms with Crippen molar-refractivity contribution in [2.24, 2.45) is 0 Å². The van der Waals surface area contributed by atoms with Gasteiger partial charge in [-0.05, 0) is 30.7 Å². The van der Waals surface area contributed by atoms with Crippen LogP contribution in [-0.4, -0.2) is 25.9 Å². The maximum absolute atomic E-state index is 12.5. The Morgan fingerprint density at radius 2 is 2.00 bits per heavy atom. The number of nitrogens with zero attached hydrogens (tertiary/aromatic N) is 2. The molecule has 1 amide bonds. The fourth-order valence-electron chi connectivity index (χ4n) is 2.33. The standard InChI is InChI=1S/C18H18N4O2S/c1-2-14(25-16-10-6-7-11-19-16)18(24)20-15-12-17(23)22(21-15)13-8-4-3-5-9-13/h3-12,14,21H,2H2,1H3,(H,20,24). The lowest BCUT2D eigenvalue weighted by atomic mass is 10.3. The van der Waals surface area contributed by atoms with E-state index in [4.69, 9.17) is 0 Å². The van der Waals surface area contributed by atoms with Crippen LogP contribution >= 0.6 is 11.8 Å². The molecular weight excluding hydrogens is 336 g/mol. The third-order valence-electron chi connectivity index (χ3n) is 3.56. The van der Waals surface area contributed by atoms with Crippen LogP contribution in [-0.2, 0) is 4.79 Å². The van der Waals surface area contributed by atoms with Gasteiger partial charge < -0.3 is 5.32 Å². The number of aromatic nitrogens is 3. The molecule has 0 bridgehead atoms. The number of para-hydroxylation sites is 1. The van der Waals surface area contributed by atoms with Gasteiger partial charge in [-0.2, -0.15) is 0 Å². The molecular formula is C18H18N4O2S. The van der Waals surface area contributed by atoms with Gasteiger partial charge in [-0.15, -0.1) is 0 Å². The Bertz CT molecular complexity index is 890. The molecule has 6 nitrogen and oxygen atoms in total. The molecule has 0 radical (unpaired) electrons. The molecule has 1 unspecified atom stereocenters. The van der Waals surface area contributed by atoms with E-state index >= 15 is 0 Å². The molecule has 0 saturated heterocycles. The average Bonchev–Trinajstić information content (AvgIpc) is 3.01. The summed E-state index contributed by atoms with van der Waals surface area (Å²) < 4.78 is 1.39. The third kappa shape index (κ3) is 4.19. The Morgan fingerprint density at radius 1 is 1.24 bits per heavy atom. The molecule has 0 aliphatic carbocycles. The van der Waals surface area contributed by atoms with Crippen LogP contribution < -0.4 is 10.9 Å². The summed E-state index contributed by atoms with van der Waals surface area (Å²) in [6.45, 7) is 1.94. The van der Waals surface area contributed by atoms with E-state index in [2.05, 4.69) is 15.4 Å². The Hall–Kier alpha value is -2.80. The van der Waals surface area contributed by atoms with Gasteiger partial charge in [0.05, 0.1) is 16.0 Å². The maximum Gasteiger partial charge on any atom is 0.273 e. The summed E-state index contributed by atoms with van der Waals surface area (Å²) in [6.07, 6.45) is 2.35. The summed E-state index contributed by atoms with van der Waals surface area (Å²) in [7, 11) is 0. The van der Waals surface area contributed by atoms with Crippen LogP contribution in [0.4, 0.5) is 5.82 Å². The summed E-state index contributed by atoms with van der Waals surface area (Å²) in [5, 5.41) is 6.20. The zero-order valence-corrected chi connectivity index (χ0v) is 14.5. The molecule has 2 aromatic heterocycles. The summed E-state index contributed by atoms with van der Waals surface area (Å²) in [5.41, 5.74) is 0.481. The minimum Gasteiger partial charge on any atom is -0.310 e. The highest BCUT2D eigenvalue weighted by atomic mass is 32.2. The lowest BCUT2D eigenvalue weighted by Gasteiger charge is -2.13. The number of rotatable bonds is 6. The number of H-pyrrole nitrogens is 1. The highest BCUT2D eigenvalue weighted by molar-refractivity contribution is 8.00. The summed E-state index contributed by atoms with van der Waals surface area (Å²) in [5.74, 6) is 0.207. The largest absolute Gasteiger partial charge is 0.310 e. The molecule has 1 atom stereocenters. The molecule has 128 valence electrons. The van der Waals surface area contributed by atoms with Gasteiger partial charge in [0.1, 0.15) is 5.82 Å². The SMILES string of the molecule is CCC(Sc1ccccn1)C(=O)Nc1cc(=O)n(-c2ccccc2)[nH]1. The highest BCUT2D eigenvalue weighted by Crippen LogP contribution is 2.24. The van der Waals surface area contributed by atoms with Gasteiger partial charge in [-0.3, -0.25) is 14.7 Å². The van der Waals surface area contributed by atoms with Crippen LogP contribution in [0, 0.1) is 0 Å². The van der Waals surface area contributed by atoms with Crippen molar-refractivity contribution < 1.29 is 4.79 Å². The van der Waals surface area contributed by atoms with Crippen molar-refractivity contribution in [3.8, 4) is 5.69 Å². The molecule has 2 heterocycles. The van der Waals surface area contributed by atoms with Gasteiger partial charge in [0.25, 0.3) is 5.56 Å². The van der Waals surface area contributed by atoms with Crippen LogP contribution in [0.3, 0.4) is 0 Å². The molecule has 7 heteroatoms. The van der Waals surface area contributed by atoms with Crippen LogP contribution in [0.15, 0.2) is 70.6 Å². The van der Waals surface area contributed by atoms with Gasteiger partial charge in [0.15, 0.2) is 0 Å². The second-order valence-electron chi connectivity index (χ2n) is 5.35. The van der Waals surface area contributed by atoms with Crippen molar-refractivity contribution in [2.75, 3.05) is 5.32 Å². The molecule has 3 aromatic rings. The molecule has 0 saturated carbocycles. The molecule has 3 rings (SSSR count). The first-order chi connectivity index (χ1) is 12.2. The van der Waals surface area contributed by atoms with E-state index < -0.39 is 0 Å². The van der Waals surface area contributed by atoms with Crippen LogP contribution in [0.2, 0.25) is 0 Å². The number of nitrogens with one attached hydrogen (secondary N) is 2. The number of carbonyl (C=O) groups excluding carboxylic acids is 1. The normalized spacial score (nSPS) is 11.9. The van der Waals surface area contributed by atoms with Crippen molar-refractivity contribution in [1.82, 2.24) is 14.8 Å². The minimum atomic E-state index is -0.293. The number of carbonyl (C=O) groups is 1. The fraction of sp³-hybridized carbons (Fsp3) is 0.167. The Labute approximate surface area is 149 Å². The quantitative estimate of drug-likeness (QED) is 0.667. The number of pyridine rings is 1. The van der Waals surface area contributed by atoms with Crippen LogP contribution in [0.5, 0.6) is 0 Å². The van der Waals surface area contributed by atoms with Gasteiger partial charge in [-0.25, -0.2) is 9.67 Å². The fourth-order valence-corrected chi connectivity index (χ4v) is 3.23. The van der Waals surface area contributed by atoms with Crippen molar-refractivity contribution in [2.45, 2.75) is 23.6 Å². The lowest BCUT2D eigenvalue weighted by molar-refractivity contribution is -0.115. The molecule has 0 aliphatic rings. The summed E-state index contributed by atoms with van der Waals surface area (Å²) >= 11 is 1.40. The predicted octanol–water partition coefficient (Wildman–Crippen LogP) is 3.07. The van der Waals surface area contributed by atoms with E-state index in [0.29, 0.717) is 17.9 Å². The van der Waals surface area contributed by atoms with Gasteiger partial charge in [0.2, 0.25) is 5.91 Å². The van der Waals surface area contributed by atoms with Gasteiger partial charge >= 0.3 is 0 Å². The second kappa shape index (κ2) is 7.85. The second-order valence-corrected chi connectivity index (χ2v) is 6.57. The van der Waals surface area contributed by atoms with E-state index in [1.165, 1.54) is 22.5 Å². The highest BCUT2D eigenvalue weighted by Gasteiger charge is 2.19. The first-order valence-corrected chi connectivity index (χ1v) is 8.81. The number of hydrogen-bond donors (Lipinski definition) is 2. The Morgan fingerprint density at radius 3 is 2.68 bits per heavy atom. The maximum atomic E-state index is 12.5. The minimum absolute atomic E-state index is 0.167. The van der Waals surface area contributed by atoms with Gasteiger partial charge in [-0.1, -0.05) is 43.0 Å². The number of anilines is 1. The molecule has 1 aromatic carbocycles. The molecule has 25 heavy (non-hydrogen) atoms. The number of benzene rings is 1. The predicted molar refractivity (Wildman–Crippen MR) is 99.2 cm³/mol. The zero-order chi connectivity index (χ0) is 17.6. The lowest BCUT2D eigenvalue weighted by Crippen LogP contribution is -2.25. The third-order valence-corrected chi connectivity index (χ3v) is 4.87. The first-order valence-electron chi connectivity index (χ1n) is 7.93. The van der Waals surface area contributed by atoms with Crippen molar-refractivity contribution in [3.05, 3.63) is 71.1 Å². The van der Waals surface area contributed by atoms with Crippen molar-refractivity contribution in [3.63, 3.8) is 0 Å². The first kappa shape index (κ1) is 17.0. The van der Waals surface area contributed by atoms with Crippen molar-refractivity contribution in [1.29, 1.82) is 0 Å². The average molecular weight is 354 g/mol. The Kier molecular flexibility index (Phi) is 5.35. The number of amides is 1. The zero-order valence-electron chi connectivity index (χ0n) is 13.7. The van der Waals surface area contributed by atoms with E-state index in [1.54, 1.807) is 6.20 Å². The van der Waals surface area contributed by atoms with Crippen molar-refractivity contribution >= 4 is 23.5 Å². The molecule has 0 fully saturated rings. The number of aromatic amines is 1. The molecule has 0 spiro atoms. The Balaban J connectivity index is 1.73. The molecule has 0 aliphatic heterocycles. The molecule has 2 N–H and O–H groups in total. The van der Waals surface area contributed by atoms with E-state index in [0.717, 1.165) is 5.03 Å². The van der Waals surface area contributed by atoms with Gasteiger partial charge in [0, 0.05) is 12.3 Å². The van der Waals surface area contributed by atoms with Crippen LogP contribution in [0.1, 0.15) is 13.3 Å². The topological polar surface area (TPSA) is 79.8 Å². The van der Waals surface area contributed by atoms with E-state index in [9.17, 15) is 9.59 Å². The monoisotopic (exact) mass is 354 g/mol. The summed E-state index contributed by atoms with van der Waals surface area (Å²) in [4.78, 5) is 28.9. The number of hydrogen-bond acceptors (Lipinski definition) is 4.